The topological polar surface area (TPSA) is 165 Å². The summed E-state index contributed by atoms with van der Waals surface area (Å²) >= 11 is 0. The Labute approximate surface area is 339 Å². The van der Waals surface area contributed by atoms with Gasteiger partial charge < -0.3 is 34.9 Å². The van der Waals surface area contributed by atoms with Gasteiger partial charge in [0, 0.05) is 18.2 Å². The molecule has 3 aromatic rings. The molecule has 3 N–H and O–H groups in total. The number of alkyl carbamates (subject to hydrolysis) is 1. The van der Waals surface area contributed by atoms with Crippen LogP contribution >= 0.6 is 0 Å². The Morgan fingerprint density at radius 2 is 1.47 bits per heavy atom. The van der Waals surface area contributed by atoms with Gasteiger partial charge in [-0.05, 0) is 80.0 Å². The molecule has 0 aromatic heterocycles. The number of amides is 5. The lowest BCUT2D eigenvalue weighted by Gasteiger charge is -2.33. The van der Waals surface area contributed by atoms with Gasteiger partial charge in [0.1, 0.15) is 30.9 Å². The van der Waals surface area contributed by atoms with E-state index in [-0.39, 0.29) is 25.0 Å². The zero-order valence-electron chi connectivity index (χ0n) is 33.9. The molecule has 1 aliphatic carbocycles. The number of rotatable bonds is 11. The van der Waals surface area contributed by atoms with Crippen molar-refractivity contribution < 1.29 is 42.9 Å². The molecule has 0 bridgehead atoms. The van der Waals surface area contributed by atoms with E-state index in [4.69, 9.17) is 18.9 Å². The maximum absolute atomic E-state index is 13.3. The van der Waals surface area contributed by atoms with Gasteiger partial charge in [0.25, 0.3) is 0 Å². The summed E-state index contributed by atoms with van der Waals surface area (Å²) in [6.45, 7) is 15.5. The summed E-state index contributed by atoms with van der Waals surface area (Å²) in [5.41, 5.74) is 5.68. The van der Waals surface area contributed by atoms with Crippen molar-refractivity contribution in [2.75, 3.05) is 31.6 Å². The summed E-state index contributed by atoms with van der Waals surface area (Å²) in [6, 6.07) is 20.5. The Hall–Kier alpha value is -5.89. The van der Waals surface area contributed by atoms with Crippen LogP contribution in [0.3, 0.4) is 0 Å². The minimum atomic E-state index is -0.947. The minimum absolute atomic E-state index is 0.0385. The quantitative estimate of drug-likeness (QED) is 0.144. The monoisotopic (exact) mass is 795 g/mol. The third-order valence-corrected chi connectivity index (χ3v) is 10.3. The molecule has 1 unspecified atom stereocenters. The smallest absolute Gasteiger partial charge is 0.412 e. The average Bonchev–Trinajstić information content (AvgIpc) is 3.90. The number of carbonyl (C=O) groups is 5. The Kier molecular flexibility index (Phi) is 12.7. The van der Waals surface area contributed by atoms with Gasteiger partial charge in [0.15, 0.2) is 6.23 Å². The molecule has 58 heavy (non-hydrogen) atoms. The number of nitrogens with one attached hydrogen (secondary N) is 3. The molecule has 0 saturated carbocycles. The fraction of sp³-hybridized carbons (Fsp3) is 0.432. The summed E-state index contributed by atoms with van der Waals surface area (Å²) in [6.07, 6.45) is -2.04. The van der Waals surface area contributed by atoms with Crippen molar-refractivity contribution >= 4 is 35.8 Å². The molecule has 3 aromatic carbocycles. The Morgan fingerprint density at radius 3 is 2.09 bits per heavy atom. The Morgan fingerprint density at radius 1 is 0.828 bits per heavy atom. The lowest BCUT2D eigenvalue weighted by molar-refractivity contribution is -0.128. The van der Waals surface area contributed by atoms with Crippen LogP contribution in [0.4, 0.5) is 20.1 Å². The second-order valence-electron chi connectivity index (χ2n) is 16.2. The normalized spacial score (nSPS) is 18.6. The number of carbonyl (C=O) groups excluding carboxylic acids is 5. The summed E-state index contributed by atoms with van der Waals surface area (Å²) < 4.78 is 22.8. The van der Waals surface area contributed by atoms with Crippen molar-refractivity contribution in [1.82, 2.24) is 20.4 Å². The van der Waals surface area contributed by atoms with Crippen LogP contribution in [0.15, 0.2) is 84.9 Å². The maximum Gasteiger partial charge on any atom is 0.412 e. The molecular weight excluding hydrogens is 743 g/mol. The van der Waals surface area contributed by atoms with Gasteiger partial charge in [-0.1, -0.05) is 86.7 Å². The fourth-order valence-electron chi connectivity index (χ4n) is 7.44. The molecule has 2 saturated heterocycles. The molecule has 2 aliphatic heterocycles. The van der Waals surface area contributed by atoms with Crippen molar-refractivity contribution in [3.05, 3.63) is 102 Å². The number of hydrogen-bond acceptors (Lipinski definition) is 9. The standard InChI is InChI=1S/C44H53N5O9/c1-26(2)37(47-41(52)56-25-35-33-14-10-8-12-31(33)32-13-9-11-15-34(32)35)39(51)45-28(4)38(50)46-30-18-16-29(17-19-30)24-57-42(53)48-20-21-55-40(48)36-22-27(3)23-49(36)43(54)58-44(5,6)7/h8-19,26,28,35-37,40H,3,20-25H2,1-2,4-7H3,(H,45,51)(H,46,50)(H,47,52)/t28-,36-,37-,40?/m0/s1. The van der Waals surface area contributed by atoms with Gasteiger partial charge in [-0.3, -0.25) is 19.4 Å². The van der Waals surface area contributed by atoms with Crippen molar-refractivity contribution in [1.29, 1.82) is 0 Å². The van der Waals surface area contributed by atoms with Gasteiger partial charge in [-0.2, -0.15) is 0 Å². The van der Waals surface area contributed by atoms with E-state index in [1.54, 1.807) is 70.7 Å². The lowest BCUT2D eigenvalue weighted by atomic mass is 9.98. The van der Waals surface area contributed by atoms with E-state index in [1.165, 1.54) is 4.90 Å². The van der Waals surface area contributed by atoms with Gasteiger partial charge in [-0.25, -0.2) is 14.4 Å². The zero-order chi connectivity index (χ0) is 41.7. The molecule has 14 heteroatoms. The van der Waals surface area contributed by atoms with E-state index in [9.17, 15) is 24.0 Å². The number of anilines is 1. The van der Waals surface area contributed by atoms with Crippen molar-refractivity contribution in [3.8, 4) is 11.1 Å². The van der Waals surface area contributed by atoms with Gasteiger partial charge in [0.2, 0.25) is 11.8 Å². The largest absolute Gasteiger partial charge is 0.449 e. The summed E-state index contributed by atoms with van der Waals surface area (Å²) in [5.74, 6) is -1.41. The van der Waals surface area contributed by atoms with Crippen LogP contribution < -0.4 is 16.0 Å². The predicted octanol–water partition coefficient (Wildman–Crippen LogP) is 6.55. The van der Waals surface area contributed by atoms with Crippen LogP contribution in [0.5, 0.6) is 0 Å². The van der Waals surface area contributed by atoms with Crippen LogP contribution in [0, 0.1) is 5.92 Å². The minimum Gasteiger partial charge on any atom is -0.449 e. The first-order valence-electron chi connectivity index (χ1n) is 19.6. The highest BCUT2D eigenvalue weighted by atomic mass is 16.6. The number of likely N-dealkylation sites (tertiary alicyclic amines) is 1. The number of ether oxygens (including phenoxy) is 4. The molecule has 4 atom stereocenters. The zero-order valence-corrected chi connectivity index (χ0v) is 33.9. The average molecular weight is 796 g/mol. The second-order valence-corrected chi connectivity index (χ2v) is 16.2. The van der Waals surface area contributed by atoms with Crippen molar-refractivity contribution in [3.63, 3.8) is 0 Å². The molecular formula is C44H53N5O9. The van der Waals surface area contributed by atoms with Gasteiger partial charge in [0.05, 0.1) is 19.2 Å². The maximum atomic E-state index is 13.3. The van der Waals surface area contributed by atoms with Crippen LogP contribution in [0.1, 0.15) is 70.6 Å². The van der Waals surface area contributed by atoms with Crippen LogP contribution in [0.25, 0.3) is 11.1 Å². The Bertz CT molecular complexity index is 1980. The summed E-state index contributed by atoms with van der Waals surface area (Å²) in [7, 11) is 0. The molecule has 2 fully saturated rings. The molecule has 2 heterocycles. The van der Waals surface area contributed by atoms with Gasteiger partial charge >= 0.3 is 18.3 Å². The number of benzene rings is 3. The highest BCUT2D eigenvalue weighted by Crippen LogP contribution is 2.44. The van der Waals surface area contributed by atoms with Crippen LogP contribution in [-0.2, 0) is 35.1 Å². The molecule has 0 radical (unpaired) electrons. The van der Waals surface area contributed by atoms with E-state index < -0.39 is 60.0 Å². The molecule has 0 spiro atoms. The highest BCUT2D eigenvalue weighted by molar-refractivity contribution is 5.98. The second kappa shape index (κ2) is 17.7. The molecule has 3 aliphatic rings. The number of fused-ring (bicyclic) bond motifs is 3. The van der Waals surface area contributed by atoms with E-state index >= 15 is 0 Å². The van der Waals surface area contributed by atoms with Gasteiger partial charge in [-0.15, -0.1) is 0 Å². The fourth-order valence-corrected chi connectivity index (χ4v) is 7.44. The lowest BCUT2D eigenvalue weighted by Crippen LogP contribution is -2.53. The Balaban J connectivity index is 0.960. The first kappa shape index (κ1) is 41.7. The molecule has 14 nitrogen and oxygen atoms in total. The first-order chi connectivity index (χ1) is 27.6. The molecule has 6 rings (SSSR count). The third-order valence-electron chi connectivity index (χ3n) is 10.3. The third kappa shape index (κ3) is 9.79. The van der Waals surface area contributed by atoms with E-state index in [2.05, 4.69) is 34.7 Å². The predicted molar refractivity (Wildman–Crippen MR) is 217 cm³/mol. The number of hydrogen-bond donors (Lipinski definition) is 3. The van der Waals surface area contributed by atoms with E-state index in [1.807, 2.05) is 36.4 Å². The number of nitrogens with zero attached hydrogens (tertiary/aromatic N) is 2. The SMILES string of the molecule is C=C1C[C@@H](C2OCCN2C(=O)OCc2ccc(NC(=O)[C@H](C)NC(=O)[C@@H](NC(=O)OCC3c4ccccc4-c4ccccc43)C(C)C)cc2)N(C(=O)OC(C)(C)C)C1. The molecule has 5 amide bonds. The molecule has 308 valence electrons. The van der Waals surface area contributed by atoms with Crippen molar-refractivity contribution in [2.45, 2.75) is 90.4 Å². The van der Waals surface area contributed by atoms with E-state index in [0.29, 0.717) is 37.4 Å². The van der Waals surface area contributed by atoms with Crippen LogP contribution in [0.2, 0.25) is 0 Å². The highest BCUT2D eigenvalue weighted by Gasteiger charge is 2.45. The summed E-state index contributed by atoms with van der Waals surface area (Å²) in [5, 5.41) is 8.16. The van der Waals surface area contributed by atoms with Crippen molar-refractivity contribution in [2.24, 2.45) is 5.92 Å². The van der Waals surface area contributed by atoms with Crippen LogP contribution in [-0.4, -0.2) is 96.2 Å². The first-order valence-corrected chi connectivity index (χ1v) is 19.6. The summed E-state index contributed by atoms with van der Waals surface area (Å²) in [4.78, 5) is 68.6. The van der Waals surface area contributed by atoms with E-state index in [0.717, 1.165) is 27.8 Å².